The van der Waals surface area contributed by atoms with Gasteiger partial charge in [0.05, 0.1) is 13.7 Å². The minimum Gasteiger partial charge on any atom is -0.497 e. The number of carboxylic acids is 1. The van der Waals surface area contributed by atoms with Crippen LogP contribution < -0.4 is 9.47 Å². The van der Waals surface area contributed by atoms with Crippen LogP contribution in [-0.4, -0.2) is 36.9 Å². The monoisotopic (exact) mass is 254 g/mol. The Balaban J connectivity index is 2.82. The van der Waals surface area contributed by atoms with Gasteiger partial charge in [0.1, 0.15) is 11.5 Å². The van der Waals surface area contributed by atoms with Crippen molar-refractivity contribution >= 4 is 11.9 Å². The third-order valence-electron chi connectivity index (χ3n) is 2.02. The van der Waals surface area contributed by atoms with E-state index in [4.69, 9.17) is 14.6 Å². The highest BCUT2D eigenvalue weighted by atomic mass is 16.6. The Hall–Kier alpha value is -2.24. The molecule has 0 radical (unpaired) electrons. The second kappa shape index (κ2) is 6.48. The summed E-state index contributed by atoms with van der Waals surface area (Å²) >= 11 is 0. The van der Waals surface area contributed by atoms with Gasteiger partial charge in [-0.2, -0.15) is 0 Å². The summed E-state index contributed by atoms with van der Waals surface area (Å²) in [6.45, 7) is 1.67. The highest BCUT2D eigenvalue weighted by Gasteiger charge is 2.30. The van der Waals surface area contributed by atoms with Crippen LogP contribution in [-0.2, 0) is 14.3 Å². The van der Waals surface area contributed by atoms with Crippen LogP contribution in [0.4, 0.5) is 0 Å². The molecule has 0 aliphatic carbocycles. The van der Waals surface area contributed by atoms with E-state index in [1.807, 2.05) is 0 Å². The summed E-state index contributed by atoms with van der Waals surface area (Å²) in [5.41, 5.74) is 0. The summed E-state index contributed by atoms with van der Waals surface area (Å²) in [5, 5.41) is 8.90. The first kappa shape index (κ1) is 13.8. The number of esters is 1. The zero-order valence-corrected chi connectivity index (χ0v) is 10.1. The van der Waals surface area contributed by atoms with Crippen LogP contribution in [0, 0.1) is 0 Å². The molecule has 1 aromatic carbocycles. The van der Waals surface area contributed by atoms with Crippen molar-refractivity contribution in [2.45, 2.75) is 13.0 Å². The molecule has 0 spiro atoms. The highest BCUT2D eigenvalue weighted by Crippen LogP contribution is 2.20. The van der Waals surface area contributed by atoms with Gasteiger partial charge in [-0.3, -0.25) is 0 Å². The van der Waals surface area contributed by atoms with Gasteiger partial charge in [0, 0.05) is 6.07 Å². The van der Waals surface area contributed by atoms with Crippen LogP contribution in [0.3, 0.4) is 0 Å². The third kappa shape index (κ3) is 3.65. The van der Waals surface area contributed by atoms with Gasteiger partial charge in [0.2, 0.25) is 0 Å². The Morgan fingerprint density at radius 3 is 2.56 bits per heavy atom. The number of benzene rings is 1. The average Bonchev–Trinajstić information content (AvgIpc) is 2.36. The van der Waals surface area contributed by atoms with E-state index in [0.29, 0.717) is 5.75 Å². The molecule has 0 bridgehead atoms. The molecule has 1 atom stereocenters. The smallest absolute Gasteiger partial charge is 0.359 e. The molecule has 6 nitrogen and oxygen atoms in total. The van der Waals surface area contributed by atoms with E-state index in [1.54, 1.807) is 19.1 Å². The van der Waals surface area contributed by atoms with Crippen molar-refractivity contribution in [1.29, 1.82) is 0 Å². The van der Waals surface area contributed by atoms with Crippen LogP contribution in [0.15, 0.2) is 24.3 Å². The number of hydrogen-bond acceptors (Lipinski definition) is 5. The molecular weight excluding hydrogens is 240 g/mol. The fourth-order valence-electron chi connectivity index (χ4n) is 1.23. The summed E-state index contributed by atoms with van der Waals surface area (Å²) in [6.07, 6.45) is -1.68. The Morgan fingerprint density at radius 1 is 1.33 bits per heavy atom. The molecule has 6 heteroatoms. The molecule has 98 valence electrons. The Kier molecular flexibility index (Phi) is 4.98. The van der Waals surface area contributed by atoms with E-state index in [-0.39, 0.29) is 12.4 Å². The maximum absolute atomic E-state index is 11.4. The zero-order chi connectivity index (χ0) is 13.5. The first-order valence-corrected chi connectivity index (χ1v) is 5.28. The van der Waals surface area contributed by atoms with E-state index >= 15 is 0 Å². The lowest BCUT2D eigenvalue weighted by molar-refractivity contribution is -0.162. The Labute approximate surface area is 104 Å². The van der Waals surface area contributed by atoms with E-state index in [9.17, 15) is 9.59 Å². The van der Waals surface area contributed by atoms with Crippen LogP contribution in [0.25, 0.3) is 0 Å². The van der Waals surface area contributed by atoms with Gasteiger partial charge in [-0.05, 0) is 19.1 Å². The predicted molar refractivity (Wildman–Crippen MR) is 61.7 cm³/mol. The maximum Gasteiger partial charge on any atom is 0.359 e. The van der Waals surface area contributed by atoms with Gasteiger partial charge in [0.25, 0.3) is 6.10 Å². The van der Waals surface area contributed by atoms with Crippen molar-refractivity contribution in [3.63, 3.8) is 0 Å². The summed E-state index contributed by atoms with van der Waals surface area (Å²) in [6, 6.07) is 6.30. The molecule has 0 saturated carbocycles. The molecule has 1 aromatic rings. The number of carbonyl (C=O) groups is 2. The minimum atomic E-state index is -1.68. The lowest BCUT2D eigenvalue weighted by Crippen LogP contribution is -2.37. The number of hydrogen-bond donors (Lipinski definition) is 1. The molecular formula is C12H14O6. The van der Waals surface area contributed by atoms with Crippen LogP contribution in [0.5, 0.6) is 11.5 Å². The van der Waals surface area contributed by atoms with Crippen LogP contribution >= 0.6 is 0 Å². The van der Waals surface area contributed by atoms with Crippen molar-refractivity contribution in [3.8, 4) is 11.5 Å². The third-order valence-corrected chi connectivity index (χ3v) is 2.02. The molecule has 0 fully saturated rings. The van der Waals surface area contributed by atoms with Gasteiger partial charge in [-0.15, -0.1) is 0 Å². The first-order chi connectivity index (χ1) is 8.58. The van der Waals surface area contributed by atoms with Gasteiger partial charge in [0.15, 0.2) is 0 Å². The van der Waals surface area contributed by atoms with Gasteiger partial charge in [-0.25, -0.2) is 9.59 Å². The second-order valence-corrected chi connectivity index (χ2v) is 3.27. The van der Waals surface area contributed by atoms with Gasteiger partial charge >= 0.3 is 11.9 Å². The van der Waals surface area contributed by atoms with Crippen molar-refractivity contribution in [2.75, 3.05) is 13.7 Å². The number of ether oxygens (including phenoxy) is 3. The molecule has 1 unspecified atom stereocenters. The largest absolute Gasteiger partial charge is 0.497 e. The van der Waals surface area contributed by atoms with Crippen molar-refractivity contribution in [3.05, 3.63) is 24.3 Å². The number of carboxylic acid groups (broad SMARTS) is 1. The Morgan fingerprint density at radius 2 is 2.00 bits per heavy atom. The molecule has 0 saturated heterocycles. The molecule has 1 rings (SSSR count). The molecule has 18 heavy (non-hydrogen) atoms. The maximum atomic E-state index is 11.4. The van der Waals surface area contributed by atoms with Crippen molar-refractivity contribution in [1.82, 2.24) is 0 Å². The van der Waals surface area contributed by atoms with Crippen molar-refractivity contribution in [2.24, 2.45) is 0 Å². The topological polar surface area (TPSA) is 82.1 Å². The van der Waals surface area contributed by atoms with Crippen LogP contribution in [0.2, 0.25) is 0 Å². The number of aliphatic carboxylic acids is 1. The molecule has 1 N–H and O–H groups in total. The summed E-state index contributed by atoms with van der Waals surface area (Å²) in [4.78, 5) is 22.3. The second-order valence-electron chi connectivity index (χ2n) is 3.27. The lowest BCUT2D eigenvalue weighted by atomic mass is 10.3. The summed E-state index contributed by atoms with van der Waals surface area (Å²) in [5.74, 6) is -1.63. The number of rotatable bonds is 6. The molecule has 0 aromatic heterocycles. The lowest BCUT2D eigenvalue weighted by Gasteiger charge is -2.14. The minimum absolute atomic E-state index is 0.0874. The van der Waals surface area contributed by atoms with Gasteiger partial charge < -0.3 is 19.3 Å². The van der Waals surface area contributed by atoms with Crippen LogP contribution in [0.1, 0.15) is 6.92 Å². The zero-order valence-electron chi connectivity index (χ0n) is 10.1. The molecule has 0 amide bonds. The highest BCUT2D eigenvalue weighted by molar-refractivity contribution is 5.97. The van der Waals surface area contributed by atoms with E-state index in [1.165, 1.54) is 19.2 Å². The normalized spacial score (nSPS) is 11.4. The van der Waals surface area contributed by atoms with E-state index in [2.05, 4.69) is 4.74 Å². The number of methoxy groups -OCH3 is 1. The summed E-state index contributed by atoms with van der Waals surface area (Å²) < 4.78 is 14.7. The summed E-state index contributed by atoms with van der Waals surface area (Å²) in [7, 11) is 1.47. The Bertz CT molecular complexity index is 428. The average molecular weight is 254 g/mol. The van der Waals surface area contributed by atoms with E-state index in [0.717, 1.165) is 0 Å². The number of carbonyl (C=O) groups excluding carboxylic acids is 1. The SMILES string of the molecule is CCOC(=O)C(Oc1cccc(OC)c1)C(=O)O. The molecule has 0 aliphatic heterocycles. The van der Waals surface area contributed by atoms with Crippen molar-refractivity contribution < 1.29 is 28.9 Å². The standard InChI is InChI=1S/C12H14O6/c1-3-17-12(15)10(11(13)14)18-9-6-4-5-8(7-9)16-2/h4-7,10H,3H2,1-2H3,(H,13,14). The molecule has 0 heterocycles. The van der Waals surface area contributed by atoms with Gasteiger partial charge in [-0.1, -0.05) is 6.07 Å². The fraction of sp³-hybridized carbons (Fsp3) is 0.333. The quantitative estimate of drug-likeness (QED) is 0.604. The molecule has 0 aliphatic rings. The first-order valence-electron chi connectivity index (χ1n) is 5.28. The van der Waals surface area contributed by atoms with E-state index < -0.39 is 18.0 Å². The fourth-order valence-corrected chi connectivity index (χ4v) is 1.23. The predicted octanol–water partition coefficient (Wildman–Crippen LogP) is 1.09.